The number of anilines is 2. The van der Waals surface area contributed by atoms with Gasteiger partial charge in [-0.15, -0.1) is 5.10 Å². The fraction of sp³-hybridized carbons (Fsp3) is 0.407. The van der Waals surface area contributed by atoms with Gasteiger partial charge in [-0.25, -0.2) is 12.8 Å². The molecule has 1 unspecified atom stereocenters. The molecule has 13 heteroatoms. The van der Waals surface area contributed by atoms with Crippen LogP contribution in [0.1, 0.15) is 29.2 Å². The summed E-state index contributed by atoms with van der Waals surface area (Å²) in [4.78, 5) is 17.4. The number of carbonyl (C=O) groups excluding carboxylic acids is 1. The number of rotatable bonds is 8. The Morgan fingerprint density at radius 2 is 1.90 bits per heavy atom. The van der Waals surface area contributed by atoms with Crippen LogP contribution < -0.4 is 5.32 Å². The van der Waals surface area contributed by atoms with Gasteiger partial charge in [0.15, 0.2) is 0 Å². The highest BCUT2D eigenvalue weighted by Crippen LogP contribution is 2.35. The number of aryl methyl sites for hydroxylation is 2. The molecule has 0 spiro atoms. The van der Waals surface area contributed by atoms with Crippen LogP contribution in [0.4, 0.5) is 15.8 Å². The molecule has 212 valence electrons. The summed E-state index contributed by atoms with van der Waals surface area (Å²) in [5, 5.41) is 19.2. The van der Waals surface area contributed by atoms with Crippen LogP contribution in [-0.4, -0.2) is 89.4 Å². The quantitative estimate of drug-likeness (QED) is 0.400. The molecule has 0 radical (unpaired) electrons. The first kappa shape index (κ1) is 27.9. The van der Waals surface area contributed by atoms with E-state index < -0.39 is 10.0 Å². The van der Waals surface area contributed by atoms with Crippen molar-refractivity contribution in [3.05, 3.63) is 65.1 Å². The molecule has 2 atom stereocenters. The van der Waals surface area contributed by atoms with E-state index >= 15 is 0 Å². The van der Waals surface area contributed by atoms with Gasteiger partial charge in [0, 0.05) is 82.4 Å². The second kappa shape index (κ2) is 11.1. The van der Waals surface area contributed by atoms with Crippen molar-refractivity contribution in [2.75, 3.05) is 45.1 Å². The fourth-order valence-electron chi connectivity index (χ4n) is 5.53. The normalized spacial score (nSPS) is 20.7. The predicted molar refractivity (Wildman–Crippen MR) is 149 cm³/mol. The van der Waals surface area contributed by atoms with Crippen LogP contribution in [0.15, 0.2) is 47.6 Å². The summed E-state index contributed by atoms with van der Waals surface area (Å²) in [6.45, 7) is 4.22. The van der Waals surface area contributed by atoms with E-state index in [0.29, 0.717) is 43.0 Å². The Labute approximate surface area is 233 Å². The maximum absolute atomic E-state index is 13.5. The highest BCUT2D eigenvalue weighted by atomic mass is 32.2. The monoisotopic (exact) mass is 568 g/mol. The smallest absolute Gasteiger partial charge is 0.264 e. The SMILES string of the molecule is Cc1cc(Nc2ccc(F)cc2)c(C=N)cc1[C@H]1CN(S(=O)(=O)c2cnn(C)n2)CCN1CC1CC(=O)N(C)C1. The Hall–Kier alpha value is -3.68. The zero-order valence-electron chi connectivity index (χ0n) is 22.7. The van der Waals surface area contributed by atoms with Crippen molar-refractivity contribution in [3.8, 4) is 0 Å². The van der Waals surface area contributed by atoms with E-state index in [4.69, 9.17) is 5.41 Å². The second-order valence-electron chi connectivity index (χ2n) is 10.5. The van der Waals surface area contributed by atoms with Gasteiger partial charge < -0.3 is 15.6 Å². The highest BCUT2D eigenvalue weighted by molar-refractivity contribution is 7.89. The number of aromatic nitrogens is 3. The summed E-state index contributed by atoms with van der Waals surface area (Å²) in [7, 11) is -0.492. The number of nitrogens with zero attached hydrogens (tertiary/aromatic N) is 6. The van der Waals surface area contributed by atoms with E-state index in [-0.39, 0.29) is 41.8 Å². The molecule has 2 aromatic carbocycles. The van der Waals surface area contributed by atoms with Crippen molar-refractivity contribution >= 4 is 33.5 Å². The number of carbonyl (C=O) groups is 1. The number of amides is 1. The molecule has 2 aliphatic heterocycles. The molecule has 2 N–H and O–H groups in total. The van der Waals surface area contributed by atoms with Crippen molar-refractivity contribution in [3.63, 3.8) is 0 Å². The zero-order valence-corrected chi connectivity index (χ0v) is 23.5. The summed E-state index contributed by atoms with van der Waals surface area (Å²) >= 11 is 0. The number of benzene rings is 2. The predicted octanol–water partition coefficient (Wildman–Crippen LogP) is 2.53. The van der Waals surface area contributed by atoms with Crippen LogP contribution in [0.5, 0.6) is 0 Å². The molecule has 3 heterocycles. The molecule has 11 nitrogen and oxygen atoms in total. The van der Waals surface area contributed by atoms with Gasteiger partial charge in [-0.3, -0.25) is 9.69 Å². The van der Waals surface area contributed by atoms with Crippen LogP contribution >= 0.6 is 0 Å². The first-order valence-electron chi connectivity index (χ1n) is 13.1. The lowest BCUT2D eigenvalue weighted by Gasteiger charge is -2.42. The third-order valence-electron chi connectivity index (χ3n) is 7.63. The summed E-state index contributed by atoms with van der Waals surface area (Å²) in [6.07, 6.45) is 2.97. The lowest BCUT2D eigenvalue weighted by molar-refractivity contribution is -0.126. The van der Waals surface area contributed by atoms with E-state index in [1.165, 1.54) is 33.6 Å². The van der Waals surface area contributed by atoms with E-state index in [2.05, 4.69) is 20.4 Å². The van der Waals surface area contributed by atoms with Gasteiger partial charge in [-0.2, -0.15) is 14.2 Å². The standard InChI is InChI=1S/C27H33FN8O3S/c1-18-10-24(31-22-6-4-21(28)5-7-22)20(13-29)12-23(18)25-17-36(40(38,39)26-14-30-34(3)32-26)9-8-35(25)16-19-11-27(37)33(2)15-19/h4-7,10,12-14,19,25,29,31H,8-9,11,15-17H2,1-3H3/t19?,25-/m1/s1. The molecule has 40 heavy (non-hydrogen) atoms. The van der Waals surface area contributed by atoms with Gasteiger partial charge in [-0.05, 0) is 60.4 Å². The topological polar surface area (TPSA) is 128 Å². The van der Waals surface area contributed by atoms with Crippen molar-refractivity contribution in [2.45, 2.75) is 24.4 Å². The van der Waals surface area contributed by atoms with Crippen LogP contribution in [0.3, 0.4) is 0 Å². The zero-order chi connectivity index (χ0) is 28.6. The molecule has 1 amide bonds. The van der Waals surface area contributed by atoms with Crippen molar-refractivity contribution in [2.24, 2.45) is 13.0 Å². The van der Waals surface area contributed by atoms with Crippen LogP contribution in [0.25, 0.3) is 0 Å². The summed E-state index contributed by atoms with van der Waals surface area (Å²) in [5.41, 5.74) is 3.82. The Bertz CT molecular complexity index is 1520. The number of sulfonamides is 1. The van der Waals surface area contributed by atoms with Crippen molar-refractivity contribution in [1.29, 1.82) is 5.41 Å². The van der Waals surface area contributed by atoms with E-state index in [1.54, 1.807) is 31.1 Å². The molecule has 2 aliphatic rings. The number of hydrogen-bond acceptors (Lipinski definition) is 8. The van der Waals surface area contributed by atoms with Gasteiger partial charge in [0.05, 0.1) is 6.20 Å². The molecule has 2 fully saturated rings. The first-order chi connectivity index (χ1) is 19.0. The number of hydrogen-bond donors (Lipinski definition) is 2. The number of nitrogens with one attached hydrogen (secondary N) is 2. The lowest BCUT2D eigenvalue weighted by atomic mass is 9.94. The molecular weight excluding hydrogens is 535 g/mol. The number of piperazine rings is 1. The number of likely N-dealkylation sites (tertiary alicyclic amines) is 1. The van der Waals surface area contributed by atoms with Gasteiger partial charge in [0.25, 0.3) is 10.0 Å². The fourth-order valence-corrected chi connectivity index (χ4v) is 6.86. The molecule has 0 saturated carbocycles. The summed E-state index contributed by atoms with van der Waals surface area (Å²) in [5.74, 6) is -0.0770. The maximum atomic E-state index is 13.5. The average Bonchev–Trinajstić information content (AvgIpc) is 3.50. The van der Waals surface area contributed by atoms with Crippen LogP contribution in [-0.2, 0) is 21.9 Å². The molecule has 2 saturated heterocycles. The molecule has 0 aliphatic carbocycles. The third-order valence-corrected chi connectivity index (χ3v) is 9.35. The molecule has 1 aromatic heterocycles. The van der Waals surface area contributed by atoms with E-state index in [1.807, 2.05) is 19.1 Å². The molecule has 5 rings (SSSR count). The molecule has 0 bridgehead atoms. The van der Waals surface area contributed by atoms with Crippen molar-refractivity contribution < 1.29 is 17.6 Å². The largest absolute Gasteiger partial charge is 0.355 e. The Kier molecular flexibility index (Phi) is 7.71. The lowest BCUT2D eigenvalue weighted by Crippen LogP contribution is -2.51. The summed E-state index contributed by atoms with van der Waals surface area (Å²) in [6, 6.07) is 9.53. The number of halogens is 1. The van der Waals surface area contributed by atoms with E-state index in [9.17, 15) is 17.6 Å². The second-order valence-corrected chi connectivity index (χ2v) is 12.3. The molecular formula is C27H33FN8O3S. The third kappa shape index (κ3) is 5.62. The van der Waals surface area contributed by atoms with Crippen LogP contribution in [0.2, 0.25) is 0 Å². The van der Waals surface area contributed by atoms with Gasteiger partial charge in [-0.1, -0.05) is 0 Å². The average molecular weight is 569 g/mol. The summed E-state index contributed by atoms with van der Waals surface area (Å²) < 4.78 is 41.8. The Balaban J connectivity index is 1.48. The van der Waals surface area contributed by atoms with Gasteiger partial charge in [0.1, 0.15) is 5.82 Å². The molecule has 3 aromatic rings. The van der Waals surface area contributed by atoms with Gasteiger partial charge in [0.2, 0.25) is 10.9 Å². The van der Waals surface area contributed by atoms with Crippen LogP contribution in [0, 0.1) is 24.1 Å². The minimum Gasteiger partial charge on any atom is -0.355 e. The van der Waals surface area contributed by atoms with E-state index in [0.717, 1.165) is 11.1 Å². The highest BCUT2D eigenvalue weighted by Gasteiger charge is 2.39. The Morgan fingerprint density at radius 1 is 1.15 bits per heavy atom. The van der Waals surface area contributed by atoms with Gasteiger partial charge >= 0.3 is 0 Å². The Morgan fingerprint density at radius 3 is 2.52 bits per heavy atom. The minimum absolute atomic E-state index is 0.0963. The first-order valence-corrected chi connectivity index (χ1v) is 14.5. The van der Waals surface area contributed by atoms with Crippen molar-refractivity contribution in [1.82, 2.24) is 29.1 Å². The maximum Gasteiger partial charge on any atom is 0.264 e. The minimum atomic E-state index is -3.87.